The number of ketones is 1. The van der Waals surface area contributed by atoms with Crippen LogP contribution < -0.4 is 0 Å². The smallest absolute Gasteiger partial charge is 0.169 e. The van der Waals surface area contributed by atoms with Crippen LogP contribution in [0.2, 0.25) is 0 Å². The molecule has 1 aliphatic rings. The number of hydrogen-bond acceptors (Lipinski definition) is 3. The molecule has 4 rings (SSSR count). The summed E-state index contributed by atoms with van der Waals surface area (Å²) in [6.07, 6.45) is 2.30. The SMILES string of the molecule is Cc1cccc([C@]2(C(=O)CO)Cc3cnn(-c4ccc(F)cc4F)c3C2)c1C. The van der Waals surface area contributed by atoms with Crippen molar-refractivity contribution in [2.75, 3.05) is 6.61 Å². The minimum Gasteiger partial charge on any atom is -0.389 e. The van der Waals surface area contributed by atoms with Crippen LogP contribution in [0.15, 0.2) is 42.6 Å². The number of nitrogens with zero attached hydrogens (tertiary/aromatic N) is 2. The summed E-state index contributed by atoms with van der Waals surface area (Å²) < 4.78 is 29.1. The van der Waals surface area contributed by atoms with Gasteiger partial charge in [-0.1, -0.05) is 18.2 Å². The van der Waals surface area contributed by atoms with Crippen LogP contribution in [0.1, 0.15) is 27.9 Å². The number of aliphatic hydroxyl groups excluding tert-OH is 1. The first-order valence-electron chi connectivity index (χ1n) is 9.09. The van der Waals surface area contributed by atoms with E-state index in [-0.39, 0.29) is 11.5 Å². The number of carbonyl (C=O) groups is 1. The second kappa shape index (κ2) is 6.63. The zero-order chi connectivity index (χ0) is 20.1. The van der Waals surface area contributed by atoms with Crippen LogP contribution in [-0.4, -0.2) is 27.3 Å². The van der Waals surface area contributed by atoms with Gasteiger partial charge in [-0.15, -0.1) is 0 Å². The van der Waals surface area contributed by atoms with Crippen LogP contribution >= 0.6 is 0 Å². The van der Waals surface area contributed by atoms with Crippen molar-refractivity contribution in [1.82, 2.24) is 9.78 Å². The molecule has 1 atom stereocenters. The zero-order valence-corrected chi connectivity index (χ0v) is 15.7. The number of rotatable bonds is 4. The van der Waals surface area contributed by atoms with Crippen molar-refractivity contribution in [2.45, 2.75) is 32.1 Å². The summed E-state index contributed by atoms with van der Waals surface area (Å²) >= 11 is 0. The second-order valence-corrected chi connectivity index (χ2v) is 7.39. The highest BCUT2D eigenvalue weighted by Gasteiger charge is 2.47. The van der Waals surface area contributed by atoms with Gasteiger partial charge in [0.2, 0.25) is 0 Å². The summed E-state index contributed by atoms with van der Waals surface area (Å²) in [5.74, 6) is -1.66. The molecule has 0 saturated heterocycles. The Bertz CT molecular complexity index is 1090. The maximum absolute atomic E-state index is 14.3. The molecule has 0 unspecified atom stereocenters. The monoisotopic (exact) mass is 382 g/mol. The van der Waals surface area contributed by atoms with Gasteiger partial charge in [0.15, 0.2) is 11.6 Å². The Morgan fingerprint density at radius 1 is 1.21 bits per heavy atom. The van der Waals surface area contributed by atoms with Crippen molar-refractivity contribution in [3.8, 4) is 5.69 Å². The summed E-state index contributed by atoms with van der Waals surface area (Å²) in [7, 11) is 0. The van der Waals surface area contributed by atoms with E-state index in [9.17, 15) is 18.7 Å². The molecule has 6 heteroatoms. The fourth-order valence-electron chi connectivity index (χ4n) is 4.24. The van der Waals surface area contributed by atoms with Gasteiger partial charge < -0.3 is 5.11 Å². The third-order valence-electron chi connectivity index (χ3n) is 5.85. The predicted molar refractivity (Wildman–Crippen MR) is 101 cm³/mol. The van der Waals surface area contributed by atoms with Crippen LogP contribution in [0.25, 0.3) is 5.69 Å². The van der Waals surface area contributed by atoms with Gasteiger partial charge in [-0.2, -0.15) is 5.10 Å². The number of fused-ring (bicyclic) bond motifs is 1. The zero-order valence-electron chi connectivity index (χ0n) is 15.7. The van der Waals surface area contributed by atoms with Gasteiger partial charge in [0.05, 0.1) is 11.6 Å². The quantitative estimate of drug-likeness (QED) is 0.753. The molecule has 0 spiro atoms. The Balaban J connectivity index is 1.85. The molecule has 0 radical (unpaired) electrons. The van der Waals surface area contributed by atoms with E-state index >= 15 is 0 Å². The van der Waals surface area contributed by atoms with Gasteiger partial charge in [0.25, 0.3) is 0 Å². The minimum atomic E-state index is -0.920. The first kappa shape index (κ1) is 18.5. The summed E-state index contributed by atoms with van der Waals surface area (Å²) in [5.41, 5.74) is 3.67. The molecule has 0 fully saturated rings. The van der Waals surface area contributed by atoms with Crippen LogP contribution in [0.5, 0.6) is 0 Å². The average molecular weight is 382 g/mol. The van der Waals surface area contributed by atoms with Crippen molar-refractivity contribution >= 4 is 5.78 Å². The van der Waals surface area contributed by atoms with Gasteiger partial charge in [-0.05, 0) is 54.7 Å². The molecule has 1 heterocycles. The standard InChI is InChI=1S/C22H20F2N2O2/c1-13-4-3-5-17(14(13)2)22(21(28)12-27)9-15-11-25-26(20(15)10-22)19-7-6-16(23)8-18(19)24/h3-8,11,27H,9-10,12H2,1-2H3/t22-/m0/s1. The Morgan fingerprint density at radius 2 is 2.00 bits per heavy atom. The van der Waals surface area contributed by atoms with Crippen LogP contribution in [0, 0.1) is 25.5 Å². The number of halogens is 2. The number of carbonyl (C=O) groups excluding carboxylic acids is 1. The first-order chi connectivity index (χ1) is 13.4. The molecule has 1 aromatic heterocycles. The number of benzene rings is 2. The molecule has 1 N–H and O–H groups in total. The topological polar surface area (TPSA) is 55.1 Å². The lowest BCUT2D eigenvalue weighted by Crippen LogP contribution is -2.40. The van der Waals surface area contributed by atoms with Crippen molar-refractivity contribution in [2.24, 2.45) is 0 Å². The summed E-state index contributed by atoms with van der Waals surface area (Å²) in [6, 6.07) is 9.13. The normalized spacial score (nSPS) is 18.3. The van der Waals surface area contributed by atoms with Gasteiger partial charge in [0, 0.05) is 18.2 Å². The highest BCUT2D eigenvalue weighted by molar-refractivity contribution is 5.93. The fourth-order valence-corrected chi connectivity index (χ4v) is 4.24. The first-order valence-corrected chi connectivity index (χ1v) is 9.09. The van der Waals surface area contributed by atoms with E-state index < -0.39 is 23.7 Å². The van der Waals surface area contributed by atoms with E-state index in [1.54, 1.807) is 6.20 Å². The molecule has 0 saturated carbocycles. The predicted octanol–water partition coefficient (Wildman–Crippen LogP) is 3.37. The highest BCUT2D eigenvalue weighted by atomic mass is 19.1. The third-order valence-corrected chi connectivity index (χ3v) is 5.85. The van der Waals surface area contributed by atoms with Gasteiger partial charge >= 0.3 is 0 Å². The lowest BCUT2D eigenvalue weighted by molar-refractivity contribution is -0.127. The molecule has 4 nitrogen and oxygen atoms in total. The second-order valence-electron chi connectivity index (χ2n) is 7.39. The summed E-state index contributed by atoms with van der Waals surface area (Å²) in [5, 5.41) is 13.9. The molecule has 0 amide bonds. The lowest BCUT2D eigenvalue weighted by Gasteiger charge is -2.30. The number of aliphatic hydroxyl groups is 1. The fraction of sp³-hybridized carbons (Fsp3) is 0.273. The van der Waals surface area contributed by atoms with Crippen LogP contribution in [-0.2, 0) is 23.1 Å². The third kappa shape index (κ3) is 2.67. The number of aromatic nitrogens is 2. The van der Waals surface area contributed by atoms with Crippen molar-refractivity contribution in [3.63, 3.8) is 0 Å². The Morgan fingerprint density at radius 3 is 2.71 bits per heavy atom. The number of aryl methyl sites for hydroxylation is 1. The summed E-state index contributed by atoms with van der Waals surface area (Å²) in [6.45, 7) is 3.37. The van der Waals surface area contributed by atoms with E-state index in [1.165, 1.54) is 16.8 Å². The molecule has 1 aliphatic carbocycles. The molecular formula is C22H20F2N2O2. The van der Waals surface area contributed by atoms with Gasteiger partial charge in [-0.25, -0.2) is 13.5 Å². The maximum atomic E-state index is 14.3. The molecular weight excluding hydrogens is 362 g/mol. The Hall–Kier alpha value is -2.86. The molecule has 3 aromatic rings. The van der Waals surface area contributed by atoms with Crippen LogP contribution in [0.3, 0.4) is 0 Å². The van der Waals surface area contributed by atoms with Crippen molar-refractivity contribution < 1.29 is 18.7 Å². The van der Waals surface area contributed by atoms with E-state index in [0.29, 0.717) is 18.5 Å². The van der Waals surface area contributed by atoms with Crippen molar-refractivity contribution in [3.05, 3.63) is 82.2 Å². The number of Topliss-reactive ketones (excluding diaryl/α,β-unsaturated/α-hetero) is 1. The minimum absolute atomic E-state index is 0.135. The van der Waals surface area contributed by atoms with E-state index in [4.69, 9.17) is 0 Å². The molecule has 0 aliphatic heterocycles. The van der Waals surface area contributed by atoms with Gasteiger partial charge in [0.1, 0.15) is 18.1 Å². The molecule has 2 aromatic carbocycles. The average Bonchev–Trinajstić information content (AvgIpc) is 3.22. The van der Waals surface area contributed by atoms with E-state index in [1.807, 2.05) is 32.0 Å². The molecule has 0 bridgehead atoms. The Kier molecular flexibility index (Phi) is 4.38. The molecule has 28 heavy (non-hydrogen) atoms. The molecule has 144 valence electrons. The highest BCUT2D eigenvalue weighted by Crippen LogP contribution is 2.43. The van der Waals surface area contributed by atoms with Gasteiger partial charge in [-0.3, -0.25) is 4.79 Å². The van der Waals surface area contributed by atoms with E-state index in [0.717, 1.165) is 28.3 Å². The van der Waals surface area contributed by atoms with E-state index in [2.05, 4.69) is 5.10 Å². The maximum Gasteiger partial charge on any atom is 0.169 e. The van der Waals surface area contributed by atoms with Crippen LogP contribution in [0.4, 0.5) is 8.78 Å². The Labute approximate surface area is 161 Å². The number of hydrogen-bond donors (Lipinski definition) is 1. The lowest BCUT2D eigenvalue weighted by atomic mass is 9.72. The largest absolute Gasteiger partial charge is 0.389 e. The van der Waals surface area contributed by atoms with Crippen molar-refractivity contribution in [1.29, 1.82) is 0 Å². The summed E-state index contributed by atoms with van der Waals surface area (Å²) in [4.78, 5) is 12.9.